The van der Waals surface area contributed by atoms with Crippen LogP contribution >= 0.6 is 0 Å². The number of rotatable bonds is 7. The van der Waals surface area contributed by atoms with Gasteiger partial charge in [-0.25, -0.2) is 4.79 Å². The van der Waals surface area contributed by atoms with Gasteiger partial charge in [-0.15, -0.1) is 0 Å². The molecule has 0 saturated carbocycles. The number of anilines is 1. The molecule has 1 heterocycles. The van der Waals surface area contributed by atoms with Gasteiger partial charge >= 0.3 is 5.97 Å². The van der Waals surface area contributed by atoms with E-state index in [-0.39, 0.29) is 5.69 Å². The Morgan fingerprint density at radius 1 is 1.00 bits per heavy atom. The van der Waals surface area contributed by atoms with Crippen molar-refractivity contribution in [1.82, 2.24) is 15.2 Å². The molecule has 0 fully saturated rings. The van der Waals surface area contributed by atoms with Crippen molar-refractivity contribution in [2.24, 2.45) is 0 Å². The van der Waals surface area contributed by atoms with Gasteiger partial charge in [-0.05, 0) is 30.2 Å². The first-order chi connectivity index (χ1) is 14.2. The lowest BCUT2D eigenvalue weighted by atomic mass is 10.0. The highest BCUT2D eigenvalue weighted by atomic mass is 16.4. The Balaban J connectivity index is 1.95. The van der Waals surface area contributed by atoms with Crippen molar-refractivity contribution >= 4 is 17.6 Å². The molecule has 1 amide bonds. The lowest BCUT2D eigenvalue weighted by Crippen LogP contribution is -2.54. The number of aromatic amines is 2. The predicted molar refractivity (Wildman–Crippen MR) is 111 cm³/mol. The molecule has 1 aromatic heterocycles. The molecule has 0 aliphatic rings. The highest BCUT2D eigenvalue weighted by molar-refractivity contribution is 5.93. The van der Waals surface area contributed by atoms with Crippen LogP contribution in [0.15, 0.2) is 65.5 Å². The van der Waals surface area contributed by atoms with E-state index in [1.165, 1.54) is 12.1 Å². The molecule has 0 radical (unpaired) electrons. The number of aromatic nitrogens is 2. The number of H-pyrrole nitrogens is 2. The number of aliphatic carboxylic acids is 1. The second-order valence-corrected chi connectivity index (χ2v) is 7.05. The topological polar surface area (TPSA) is 130 Å². The van der Waals surface area contributed by atoms with Crippen molar-refractivity contribution in [2.45, 2.75) is 12.5 Å². The summed E-state index contributed by atoms with van der Waals surface area (Å²) >= 11 is 0. The van der Waals surface area contributed by atoms with E-state index >= 15 is 0 Å². The number of benzene rings is 2. The Labute approximate surface area is 172 Å². The standard InChI is InChI=1S/C21H22N4O5/c1-21(30,20(28)29)13-25(24(2)19(27)17-12-18(26)23-22-17)16-10-8-15(9-11-16)14-6-4-3-5-7-14/h3-12,30H,13H2,1-2H3,(H,28,29)(H2,22,23,26). The van der Waals surface area contributed by atoms with Crippen LogP contribution in [0.1, 0.15) is 17.4 Å². The van der Waals surface area contributed by atoms with Gasteiger partial charge in [-0.3, -0.25) is 29.8 Å². The molecule has 2 aromatic carbocycles. The number of hydrogen-bond donors (Lipinski definition) is 4. The molecule has 0 aliphatic heterocycles. The van der Waals surface area contributed by atoms with Crippen LogP contribution in [0.3, 0.4) is 0 Å². The number of carbonyl (C=O) groups is 2. The Kier molecular flexibility index (Phi) is 5.74. The molecular weight excluding hydrogens is 388 g/mol. The quantitative estimate of drug-likeness (QED) is 0.439. The van der Waals surface area contributed by atoms with Gasteiger partial charge in [0.15, 0.2) is 5.60 Å². The summed E-state index contributed by atoms with van der Waals surface area (Å²) in [5, 5.41) is 26.9. The fourth-order valence-corrected chi connectivity index (χ4v) is 2.92. The van der Waals surface area contributed by atoms with Crippen molar-refractivity contribution in [3.05, 3.63) is 76.7 Å². The smallest absolute Gasteiger partial charge is 0.337 e. The van der Waals surface area contributed by atoms with Crippen molar-refractivity contribution in [2.75, 3.05) is 18.6 Å². The predicted octanol–water partition coefficient (Wildman–Crippen LogP) is 1.70. The van der Waals surface area contributed by atoms with E-state index in [9.17, 15) is 24.6 Å². The minimum Gasteiger partial charge on any atom is -0.479 e. The normalized spacial score (nSPS) is 12.8. The third kappa shape index (κ3) is 4.41. The molecule has 9 heteroatoms. The van der Waals surface area contributed by atoms with Crippen molar-refractivity contribution in [3.8, 4) is 11.1 Å². The van der Waals surface area contributed by atoms with Crippen LogP contribution in [0, 0.1) is 0 Å². The van der Waals surface area contributed by atoms with Gasteiger partial charge in [0.2, 0.25) is 0 Å². The zero-order chi connectivity index (χ0) is 21.9. The van der Waals surface area contributed by atoms with E-state index < -0.39 is 29.6 Å². The van der Waals surface area contributed by atoms with Gasteiger partial charge in [-0.2, -0.15) is 0 Å². The summed E-state index contributed by atoms with van der Waals surface area (Å²) in [6, 6.07) is 17.9. The number of carboxylic acids is 1. The molecule has 30 heavy (non-hydrogen) atoms. The summed E-state index contributed by atoms with van der Waals surface area (Å²) < 4.78 is 0. The number of hydrazine groups is 1. The Morgan fingerprint density at radius 2 is 1.60 bits per heavy atom. The molecule has 0 aliphatic carbocycles. The summed E-state index contributed by atoms with van der Waals surface area (Å²) in [5.41, 5.74) is -0.162. The molecule has 3 rings (SSSR count). The highest BCUT2D eigenvalue weighted by Gasteiger charge is 2.35. The Bertz CT molecular complexity index is 1090. The molecule has 0 spiro atoms. The number of hydrogen-bond acceptors (Lipinski definition) is 5. The number of nitrogens with zero attached hydrogens (tertiary/aromatic N) is 2. The molecule has 4 N–H and O–H groups in total. The molecular formula is C21H22N4O5. The number of amides is 1. The van der Waals surface area contributed by atoms with Gasteiger partial charge in [0, 0.05) is 13.1 Å². The minimum absolute atomic E-state index is 0.00312. The maximum Gasteiger partial charge on any atom is 0.337 e. The van der Waals surface area contributed by atoms with Crippen LogP contribution in [-0.4, -0.2) is 56.5 Å². The Morgan fingerprint density at radius 3 is 2.13 bits per heavy atom. The maximum absolute atomic E-state index is 12.8. The zero-order valence-electron chi connectivity index (χ0n) is 16.5. The molecule has 9 nitrogen and oxygen atoms in total. The molecule has 0 bridgehead atoms. The van der Waals surface area contributed by atoms with Crippen LogP contribution in [-0.2, 0) is 4.79 Å². The van der Waals surface area contributed by atoms with E-state index in [2.05, 4.69) is 10.2 Å². The van der Waals surface area contributed by atoms with Gasteiger partial charge in [0.1, 0.15) is 5.69 Å². The van der Waals surface area contributed by atoms with E-state index in [1.807, 2.05) is 42.5 Å². The summed E-state index contributed by atoms with van der Waals surface area (Å²) in [4.78, 5) is 35.6. The van der Waals surface area contributed by atoms with Gasteiger partial charge in [-0.1, -0.05) is 42.5 Å². The summed E-state index contributed by atoms with van der Waals surface area (Å²) in [6.45, 7) is 0.751. The second kappa shape index (κ2) is 8.26. The third-order valence-corrected chi connectivity index (χ3v) is 4.67. The van der Waals surface area contributed by atoms with Gasteiger partial charge in [0.05, 0.1) is 12.2 Å². The van der Waals surface area contributed by atoms with Gasteiger partial charge < -0.3 is 10.2 Å². The summed E-state index contributed by atoms with van der Waals surface area (Å²) in [7, 11) is 1.43. The average molecular weight is 410 g/mol. The fourth-order valence-electron chi connectivity index (χ4n) is 2.92. The first-order valence-electron chi connectivity index (χ1n) is 9.13. The molecule has 156 valence electrons. The second-order valence-electron chi connectivity index (χ2n) is 7.05. The average Bonchev–Trinajstić information content (AvgIpc) is 3.18. The monoisotopic (exact) mass is 410 g/mol. The van der Waals surface area contributed by atoms with Crippen molar-refractivity contribution in [1.29, 1.82) is 0 Å². The van der Waals surface area contributed by atoms with Crippen LogP contribution in [0.4, 0.5) is 5.69 Å². The van der Waals surface area contributed by atoms with Crippen LogP contribution in [0.2, 0.25) is 0 Å². The van der Waals surface area contributed by atoms with E-state index in [4.69, 9.17) is 0 Å². The number of carbonyl (C=O) groups excluding carboxylic acids is 1. The number of aliphatic hydroxyl groups is 1. The van der Waals surface area contributed by atoms with E-state index in [0.717, 1.165) is 29.1 Å². The molecule has 0 saturated heterocycles. The largest absolute Gasteiger partial charge is 0.479 e. The fraction of sp³-hybridized carbons (Fsp3) is 0.190. The van der Waals surface area contributed by atoms with Crippen LogP contribution in [0.5, 0.6) is 0 Å². The molecule has 3 aromatic rings. The third-order valence-electron chi connectivity index (χ3n) is 4.67. The SMILES string of the molecule is CN(C(=O)c1cc(=O)[nH][nH]1)N(CC(C)(O)C(=O)O)c1ccc(-c2ccccc2)cc1. The van der Waals surface area contributed by atoms with Crippen molar-refractivity contribution in [3.63, 3.8) is 0 Å². The number of carboxylic acid groups (broad SMARTS) is 1. The lowest BCUT2D eigenvalue weighted by Gasteiger charge is -2.37. The minimum atomic E-state index is -2.13. The summed E-state index contributed by atoms with van der Waals surface area (Å²) in [5.74, 6) is -2.01. The molecule has 1 unspecified atom stereocenters. The zero-order valence-corrected chi connectivity index (χ0v) is 16.5. The summed E-state index contributed by atoms with van der Waals surface area (Å²) in [6.07, 6.45) is 0. The first kappa shape index (κ1) is 20.9. The van der Waals surface area contributed by atoms with Crippen molar-refractivity contribution < 1.29 is 19.8 Å². The van der Waals surface area contributed by atoms with Crippen LogP contribution < -0.4 is 10.6 Å². The van der Waals surface area contributed by atoms with E-state index in [0.29, 0.717) is 5.69 Å². The first-order valence-corrected chi connectivity index (χ1v) is 9.13. The van der Waals surface area contributed by atoms with Gasteiger partial charge in [0.25, 0.3) is 11.5 Å². The lowest BCUT2D eigenvalue weighted by molar-refractivity contribution is -0.155. The van der Waals surface area contributed by atoms with E-state index in [1.54, 1.807) is 12.1 Å². The highest BCUT2D eigenvalue weighted by Crippen LogP contribution is 2.25. The van der Waals surface area contributed by atoms with Crippen LogP contribution in [0.25, 0.3) is 11.1 Å². The maximum atomic E-state index is 12.8. The molecule has 1 atom stereocenters. The Hall–Kier alpha value is -3.85. The number of nitrogens with one attached hydrogen (secondary N) is 2.